The van der Waals surface area contributed by atoms with Gasteiger partial charge >= 0.3 is 5.97 Å². The first-order valence-corrected chi connectivity index (χ1v) is 10.8. The number of hydrazone groups is 1. The number of amides is 2. The van der Waals surface area contributed by atoms with Crippen LogP contribution >= 0.6 is 0 Å². The predicted octanol–water partition coefficient (Wildman–Crippen LogP) is 2.95. The Morgan fingerprint density at radius 2 is 1.57 bits per heavy atom. The average molecular weight is 509 g/mol. The second-order valence-corrected chi connectivity index (χ2v) is 7.33. The minimum Gasteiger partial charge on any atom is -0.493 e. The third kappa shape index (κ3) is 7.04. The molecule has 0 aromatic heterocycles. The van der Waals surface area contributed by atoms with Gasteiger partial charge in [0.1, 0.15) is 11.6 Å². The SMILES string of the molecule is COc1cc(C(=O)NCC(=O)N/N=C\c2ccc(OC(=O)c3ccccc3F)cc2)cc(OC)c1OC. The van der Waals surface area contributed by atoms with E-state index in [0.717, 1.165) is 0 Å². The van der Waals surface area contributed by atoms with Crippen molar-refractivity contribution < 1.29 is 37.7 Å². The number of hydrogen-bond donors (Lipinski definition) is 2. The molecule has 37 heavy (non-hydrogen) atoms. The van der Waals surface area contributed by atoms with Crippen LogP contribution in [0.4, 0.5) is 4.39 Å². The van der Waals surface area contributed by atoms with E-state index < -0.39 is 23.6 Å². The number of methoxy groups -OCH3 is 3. The van der Waals surface area contributed by atoms with Crippen molar-refractivity contribution in [3.05, 3.63) is 83.2 Å². The molecule has 0 saturated heterocycles. The van der Waals surface area contributed by atoms with Gasteiger partial charge < -0.3 is 24.3 Å². The molecule has 0 bridgehead atoms. The number of hydrogen-bond acceptors (Lipinski definition) is 8. The molecule has 192 valence electrons. The highest BCUT2D eigenvalue weighted by Crippen LogP contribution is 2.38. The van der Waals surface area contributed by atoms with E-state index in [9.17, 15) is 18.8 Å². The van der Waals surface area contributed by atoms with Gasteiger partial charge in [0, 0.05) is 5.56 Å². The average Bonchev–Trinajstić information content (AvgIpc) is 2.91. The zero-order valence-corrected chi connectivity index (χ0v) is 20.2. The number of nitrogens with one attached hydrogen (secondary N) is 2. The molecule has 0 aliphatic carbocycles. The third-order valence-corrected chi connectivity index (χ3v) is 4.92. The van der Waals surface area contributed by atoms with Crippen LogP contribution in [-0.4, -0.2) is 51.9 Å². The van der Waals surface area contributed by atoms with Gasteiger partial charge in [-0.05, 0) is 54.1 Å². The van der Waals surface area contributed by atoms with Gasteiger partial charge in [0.15, 0.2) is 11.5 Å². The fourth-order valence-electron chi connectivity index (χ4n) is 3.10. The van der Waals surface area contributed by atoms with E-state index in [2.05, 4.69) is 15.8 Å². The number of benzene rings is 3. The molecule has 0 unspecified atom stereocenters. The first kappa shape index (κ1) is 26.7. The molecule has 10 nitrogen and oxygen atoms in total. The molecule has 11 heteroatoms. The summed E-state index contributed by atoms with van der Waals surface area (Å²) in [6.45, 7) is -0.336. The lowest BCUT2D eigenvalue weighted by atomic mass is 10.1. The second-order valence-electron chi connectivity index (χ2n) is 7.33. The number of nitrogens with zero attached hydrogens (tertiary/aromatic N) is 1. The molecule has 3 rings (SSSR count). The molecular weight excluding hydrogens is 485 g/mol. The summed E-state index contributed by atoms with van der Waals surface area (Å²) < 4.78 is 34.5. The fraction of sp³-hybridized carbons (Fsp3) is 0.154. The van der Waals surface area contributed by atoms with Crippen molar-refractivity contribution in [2.24, 2.45) is 5.10 Å². The van der Waals surface area contributed by atoms with E-state index in [4.69, 9.17) is 18.9 Å². The molecule has 2 N–H and O–H groups in total. The Labute approximate surface area is 212 Å². The van der Waals surface area contributed by atoms with Gasteiger partial charge in [-0.1, -0.05) is 12.1 Å². The number of esters is 1. The largest absolute Gasteiger partial charge is 0.493 e. The van der Waals surface area contributed by atoms with E-state index in [1.54, 1.807) is 12.1 Å². The summed E-state index contributed by atoms with van der Waals surface area (Å²) in [4.78, 5) is 36.6. The summed E-state index contributed by atoms with van der Waals surface area (Å²) in [6, 6.07) is 14.6. The number of carbonyl (C=O) groups excluding carboxylic acids is 3. The maximum absolute atomic E-state index is 13.7. The number of carbonyl (C=O) groups is 3. The zero-order chi connectivity index (χ0) is 26.8. The monoisotopic (exact) mass is 509 g/mol. The van der Waals surface area contributed by atoms with E-state index >= 15 is 0 Å². The molecular formula is C26H24FN3O7. The summed E-state index contributed by atoms with van der Waals surface area (Å²) in [5.74, 6) is -1.43. The Morgan fingerprint density at radius 3 is 2.16 bits per heavy atom. The summed E-state index contributed by atoms with van der Waals surface area (Å²) in [7, 11) is 4.30. The Hall–Kier alpha value is -4.93. The van der Waals surface area contributed by atoms with Crippen molar-refractivity contribution in [1.82, 2.24) is 10.7 Å². The van der Waals surface area contributed by atoms with E-state index in [1.165, 1.54) is 76.1 Å². The molecule has 0 atom stereocenters. The van der Waals surface area contributed by atoms with Crippen LogP contribution in [0, 0.1) is 5.82 Å². The predicted molar refractivity (Wildman–Crippen MR) is 132 cm³/mol. The first-order chi connectivity index (χ1) is 17.9. The lowest BCUT2D eigenvalue weighted by molar-refractivity contribution is -0.120. The molecule has 0 spiro atoms. The van der Waals surface area contributed by atoms with Gasteiger partial charge in [0.2, 0.25) is 5.75 Å². The highest BCUT2D eigenvalue weighted by molar-refractivity contribution is 5.97. The van der Waals surface area contributed by atoms with E-state index in [-0.39, 0.29) is 23.4 Å². The second kappa shape index (κ2) is 12.7. The molecule has 3 aromatic rings. The summed E-state index contributed by atoms with van der Waals surface area (Å²) in [5, 5.41) is 6.31. The van der Waals surface area contributed by atoms with Crippen molar-refractivity contribution >= 4 is 24.0 Å². The van der Waals surface area contributed by atoms with Gasteiger partial charge in [-0.3, -0.25) is 9.59 Å². The highest BCUT2D eigenvalue weighted by atomic mass is 19.1. The molecule has 0 aliphatic rings. The van der Waals surface area contributed by atoms with Gasteiger partial charge in [0.25, 0.3) is 11.8 Å². The lowest BCUT2D eigenvalue weighted by Crippen LogP contribution is -2.34. The Morgan fingerprint density at radius 1 is 0.919 bits per heavy atom. The van der Waals surface area contributed by atoms with Crippen molar-refractivity contribution in [3.63, 3.8) is 0 Å². The van der Waals surface area contributed by atoms with Crippen molar-refractivity contribution in [1.29, 1.82) is 0 Å². The maximum atomic E-state index is 13.7. The molecule has 0 saturated carbocycles. The first-order valence-electron chi connectivity index (χ1n) is 10.8. The zero-order valence-electron chi connectivity index (χ0n) is 20.2. The number of halogens is 1. The molecule has 0 heterocycles. The minimum absolute atomic E-state index is 0.173. The fourth-order valence-corrected chi connectivity index (χ4v) is 3.10. The standard InChI is InChI=1S/C26H24FN3O7/c1-34-21-12-17(13-22(35-2)24(21)36-3)25(32)28-15-23(31)30-29-14-16-8-10-18(11-9-16)37-26(33)19-6-4-5-7-20(19)27/h4-14H,15H2,1-3H3,(H,28,32)(H,30,31)/b29-14-. The molecule has 0 aliphatic heterocycles. The Balaban J connectivity index is 1.50. The summed E-state index contributed by atoms with van der Waals surface area (Å²) in [6.07, 6.45) is 1.36. The maximum Gasteiger partial charge on any atom is 0.346 e. The van der Waals surface area contributed by atoms with Crippen molar-refractivity contribution in [2.75, 3.05) is 27.9 Å². The van der Waals surface area contributed by atoms with Crippen molar-refractivity contribution in [2.45, 2.75) is 0 Å². The Bertz CT molecular complexity index is 1280. The van der Waals surface area contributed by atoms with Crippen LogP contribution in [-0.2, 0) is 4.79 Å². The number of rotatable bonds is 10. The van der Waals surface area contributed by atoms with Gasteiger partial charge in [0.05, 0.1) is 39.7 Å². The van der Waals surface area contributed by atoms with Crippen LogP contribution in [0.2, 0.25) is 0 Å². The van der Waals surface area contributed by atoms with Crippen LogP contribution in [0.3, 0.4) is 0 Å². The van der Waals surface area contributed by atoms with Crippen LogP contribution in [0.5, 0.6) is 23.0 Å². The van der Waals surface area contributed by atoms with Gasteiger partial charge in [-0.25, -0.2) is 14.6 Å². The van der Waals surface area contributed by atoms with Crippen LogP contribution in [0.25, 0.3) is 0 Å². The van der Waals surface area contributed by atoms with Crippen LogP contribution in [0.1, 0.15) is 26.3 Å². The third-order valence-electron chi connectivity index (χ3n) is 4.92. The van der Waals surface area contributed by atoms with Crippen molar-refractivity contribution in [3.8, 4) is 23.0 Å². The topological polar surface area (TPSA) is 125 Å². The summed E-state index contributed by atoms with van der Waals surface area (Å²) >= 11 is 0. The quantitative estimate of drug-likeness (QED) is 0.186. The highest BCUT2D eigenvalue weighted by Gasteiger charge is 2.17. The normalized spacial score (nSPS) is 10.5. The molecule has 3 aromatic carbocycles. The molecule has 0 radical (unpaired) electrons. The number of ether oxygens (including phenoxy) is 4. The van der Waals surface area contributed by atoms with Gasteiger partial charge in [-0.15, -0.1) is 0 Å². The minimum atomic E-state index is -0.819. The van der Waals surface area contributed by atoms with Gasteiger partial charge in [-0.2, -0.15) is 5.10 Å². The van der Waals surface area contributed by atoms with Crippen LogP contribution in [0.15, 0.2) is 65.8 Å². The smallest absolute Gasteiger partial charge is 0.346 e. The van der Waals surface area contributed by atoms with Crippen LogP contribution < -0.4 is 29.7 Å². The molecule has 0 fully saturated rings. The lowest BCUT2D eigenvalue weighted by Gasteiger charge is -2.14. The summed E-state index contributed by atoms with van der Waals surface area (Å²) in [5.41, 5.74) is 2.92. The van der Waals surface area contributed by atoms with E-state index in [1.807, 2.05) is 0 Å². The Kier molecular flexibility index (Phi) is 9.14. The van der Waals surface area contributed by atoms with E-state index in [0.29, 0.717) is 22.8 Å². The molecule has 2 amide bonds.